The van der Waals surface area contributed by atoms with Gasteiger partial charge in [0.15, 0.2) is 0 Å². The van der Waals surface area contributed by atoms with Crippen molar-refractivity contribution in [1.29, 1.82) is 0 Å². The molecule has 0 aromatic carbocycles. The molecule has 4 heteroatoms. The predicted molar refractivity (Wildman–Crippen MR) is 70.9 cm³/mol. The van der Waals surface area contributed by atoms with Crippen LogP contribution in [-0.2, 0) is 18.5 Å². The van der Waals surface area contributed by atoms with Gasteiger partial charge in [-0.3, -0.25) is 4.90 Å². The summed E-state index contributed by atoms with van der Waals surface area (Å²) in [4.78, 5) is 2.45. The van der Waals surface area contributed by atoms with Crippen LogP contribution in [0.15, 0.2) is 0 Å². The van der Waals surface area contributed by atoms with Gasteiger partial charge in [0.25, 0.3) is 0 Å². The van der Waals surface area contributed by atoms with Crippen LogP contribution in [0.4, 0.5) is 5.82 Å². The zero-order valence-corrected chi connectivity index (χ0v) is 11.6. The summed E-state index contributed by atoms with van der Waals surface area (Å²) in [6.45, 7) is 12.9. The summed E-state index contributed by atoms with van der Waals surface area (Å²) in [5.41, 5.74) is 8.60. The number of aromatic nitrogens is 2. The van der Waals surface area contributed by atoms with E-state index in [4.69, 9.17) is 10.8 Å². The molecule has 0 spiro atoms. The summed E-state index contributed by atoms with van der Waals surface area (Å²) in [6.07, 6.45) is 1.02. The number of nitrogen functional groups attached to an aromatic ring is 1. The molecule has 0 aliphatic carbocycles. The Morgan fingerprint density at radius 3 is 2.47 bits per heavy atom. The van der Waals surface area contributed by atoms with E-state index < -0.39 is 0 Å². The van der Waals surface area contributed by atoms with Gasteiger partial charge in [0, 0.05) is 24.7 Å². The van der Waals surface area contributed by atoms with Crippen molar-refractivity contribution >= 4 is 5.82 Å². The molecule has 0 saturated carbocycles. The van der Waals surface area contributed by atoms with Gasteiger partial charge in [-0.05, 0) is 41.0 Å². The topological polar surface area (TPSA) is 47.1 Å². The van der Waals surface area contributed by atoms with Gasteiger partial charge in [0.1, 0.15) is 5.82 Å². The minimum Gasteiger partial charge on any atom is -0.384 e. The lowest BCUT2D eigenvalue weighted by Gasteiger charge is -2.29. The molecule has 0 atom stereocenters. The van der Waals surface area contributed by atoms with Crippen LogP contribution in [0.5, 0.6) is 0 Å². The molecule has 17 heavy (non-hydrogen) atoms. The maximum absolute atomic E-state index is 6.21. The highest BCUT2D eigenvalue weighted by molar-refractivity contribution is 5.45. The molecule has 2 heterocycles. The minimum atomic E-state index is -0.0376. The quantitative estimate of drug-likeness (QED) is 0.811. The minimum absolute atomic E-state index is 0.0376. The number of nitrogens with two attached hydrogens (primary N) is 1. The molecular weight excluding hydrogens is 212 g/mol. The molecule has 0 amide bonds. The van der Waals surface area contributed by atoms with E-state index in [9.17, 15) is 0 Å². The molecule has 1 aliphatic heterocycles. The van der Waals surface area contributed by atoms with Crippen LogP contribution in [0.25, 0.3) is 0 Å². The first-order valence-electron chi connectivity index (χ1n) is 6.41. The number of anilines is 1. The number of hydrogen-bond acceptors (Lipinski definition) is 3. The molecule has 0 saturated heterocycles. The fourth-order valence-corrected chi connectivity index (χ4v) is 2.39. The molecule has 0 radical (unpaired) electrons. The summed E-state index contributed by atoms with van der Waals surface area (Å²) >= 11 is 0. The molecule has 2 rings (SSSR count). The van der Waals surface area contributed by atoms with Crippen LogP contribution < -0.4 is 5.73 Å². The molecule has 1 aliphatic rings. The molecule has 1 aromatic heterocycles. The molecule has 0 fully saturated rings. The Morgan fingerprint density at radius 2 is 1.94 bits per heavy atom. The largest absolute Gasteiger partial charge is 0.384 e. The van der Waals surface area contributed by atoms with Gasteiger partial charge >= 0.3 is 0 Å². The van der Waals surface area contributed by atoms with Crippen LogP contribution in [0.2, 0.25) is 0 Å². The maximum Gasteiger partial charge on any atom is 0.125 e. The van der Waals surface area contributed by atoms with E-state index in [0.29, 0.717) is 6.04 Å². The first kappa shape index (κ1) is 12.4. The molecule has 1 aromatic rings. The summed E-state index contributed by atoms with van der Waals surface area (Å²) in [5, 5.41) is 4.70. The predicted octanol–water partition coefficient (Wildman–Crippen LogP) is 1.99. The zero-order valence-electron chi connectivity index (χ0n) is 11.6. The van der Waals surface area contributed by atoms with E-state index in [1.807, 2.05) is 4.68 Å². The Morgan fingerprint density at radius 1 is 1.29 bits per heavy atom. The van der Waals surface area contributed by atoms with Crippen molar-refractivity contribution in [3.63, 3.8) is 0 Å². The lowest BCUT2D eigenvalue weighted by atomic mass is 10.1. The summed E-state index contributed by atoms with van der Waals surface area (Å²) in [6, 6.07) is 0.573. The Balaban J connectivity index is 2.35. The average molecular weight is 236 g/mol. The van der Waals surface area contributed by atoms with Gasteiger partial charge in [0.2, 0.25) is 0 Å². The summed E-state index contributed by atoms with van der Waals surface area (Å²) < 4.78 is 1.97. The lowest BCUT2D eigenvalue weighted by Crippen LogP contribution is -2.35. The first-order chi connectivity index (χ1) is 7.80. The van der Waals surface area contributed by atoms with Gasteiger partial charge in [-0.2, -0.15) is 5.10 Å². The van der Waals surface area contributed by atoms with Crippen molar-refractivity contribution in [1.82, 2.24) is 14.7 Å². The van der Waals surface area contributed by atoms with E-state index in [2.05, 4.69) is 39.5 Å². The fraction of sp³-hybridized carbons (Fsp3) is 0.769. The normalized spacial score (nSPS) is 17.5. The van der Waals surface area contributed by atoms with Gasteiger partial charge < -0.3 is 5.73 Å². The van der Waals surface area contributed by atoms with Crippen LogP contribution in [0.3, 0.4) is 0 Å². The summed E-state index contributed by atoms with van der Waals surface area (Å²) in [7, 11) is 0. The van der Waals surface area contributed by atoms with Crippen molar-refractivity contribution in [2.75, 3.05) is 12.3 Å². The van der Waals surface area contributed by atoms with Gasteiger partial charge in [-0.15, -0.1) is 0 Å². The Bertz CT molecular complexity index is 412. The standard InChI is InChI=1S/C13H24N4/c1-9(2)16-7-6-10-11(8-16)15-17(12(10)14)13(3,4)5/h9H,6-8,14H2,1-5H3. The molecule has 0 bridgehead atoms. The highest BCUT2D eigenvalue weighted by Crippen LogP contribution is 2.28. The first-order valence-corrected chi connectivity index (χ1v) is 6.41. The van der Waals surface area contributed by atoms with Crippen LogP contribution in [-0.4, -0.2) is 27.3 Å². The van der Waals surface area contributed by atoms with Crippen molar-refractivity contribution in [2.24, 2.45) is 0 Å². The maximum atomic E-state index is 6.21. The fourth-order valence-electron chi connectivity index (χ4n) is 2.39. The van der Waals surface area contributed by atoms with Gasteiger partial charge in [-0.25, -0.2) is 4.68 Å². The second-order valence-corrected chi connectivity index (χ2v) is 6.21. The molecule has 96 valence electrons. The number of fused-ring (bicyclic) bond motifs is 1. The Labute approximate surface area is 104 Å². The molecular formula is C13H24N4. The number of hydrogen-bond donors (Lipinski definition) is 1. The van der Waals surface area contributed by atoms with E-state index in [1.165, 1.54) is 5.56 Å². The number of rotatable bonds is 1. The van der Waals surface area contributed by atoms with Crippen molar-refractivity contribution < 1.29 is 0 Å². The van der Waals surface area contributed by atoms with Crippen LogP contribution in [0, 0.1) is 0 Å². The van der Waals surface area contributed by atoms with Crippen LogP contribution in [0.1, 0.15) is 45.9 Å². The average Bonchev–Trinajstić information content (AvgIpc) is 2.55. The van der Waals surface area contributed by atoms with E-state index in [-0.39, 0.29) is 5.54 Å². The third kappa shape index (κ3) is 2.18. The third-order valence-corrected chi connectivity index (χ3v) is 3.47. The number of nitrogens with zero attached hydrogens (tertiary/aromatic N) is 3. The smallest absolute Gasteiger partial charge is 0.125 e. The Hall–Kier alpha value is -1.03. The zero-order chi connectivity index (χ0) is 12.8. The van der Waals surface area contributed by atoms with Crippen molar-refractivity contribution in [3.05, 3.63) is 11.3 Å². The van der Waals surface area contributed by atoms with Crippen molar-refractivity contribution in [2.45, 2.75) is 59.2 Å². The van der Waals surface area contributed by atoms with Gasteiger partial charge in [0.05, 0.1) is 11.2 Å². The molecule has 2 N–H and O–H groups in total. The van der Waals surface area contributed by atoms with Crippen LogP contribution >= 0.6 is 0 Å². The third-order valence-electron chi connectivity index (χ3n) is 3.47. The van der Waals surface area contributed by atoms with E-state index in [1.54, 1.807) is 0 Å². The second kappa shape index (κ2) is 4.02. The van der Waals surface area contributed by atoms with E-state index >= 15 is 0 Å². The SMILES string of the molecule is CC(C)N1CCc2c(nn(C(C)(C)C)c2N)C1. The molecule has 4 nitrogen and oxygen atoms in total. The monoisotopic (exact) mass is 236 g/mol. The highest BCUT2D eigenvalue weighted by atomic mass is 15.4. The lowest BCUT2D eigenvalue weighted by molar-refractivity contribution is 0.200. The second-order valence-electron chi connectivity index (χ2n) is 6.21. The van der Waals surface area contributed by atoms with Crippen molar-refractivity contribution in [3.8, 4) is 0 Å². The molecule has 0 unspecified atom stereocenters. The summed E-state index contributed by atoms with van der Waals surface area (Å²) in [5.74, 6) is 0.857. The Kier molecular flexibility index (Phi) is 2.94. The highest BCUT2D eigenvalue weighted by Gasteiger charge is 2.27. The van der Waals surface area contributed by atoms with E-state index in [0.717, 1.165) is 31.0 Å². The van der Waals surface area contributed by atoms with Gasteiger partial charge in [-0.1, -0.05) is 0 Å².